The van der Waals surface area contributed by atoms with Gasteiger partial charge in [0.1, 0.15) is 0 Å². The molecule has 2 unspecified atom stereocenters. The van der Waals surface area contributed by atoms with E-state index in [1.807, 2.05) is 0 Å². The number of hydrogen-bond acceptors (Lipinski definition) is 4. The summed E-state index contributed by atoms with van der Waals surface area (Å²) in [6.45, 7) is 3.28. The Morgan fingerprint density at radius 3 is 3.35 bits per heavy atom. The number of rotatable bonds is 3. The quantitative estimate of drug-likeness (QED) is 0.849. The summed E-state index contributed by atoms with van der Waals surface area (Å²) in [5.74, 6) is -0.305. The number of halogens is 1. The third-order valence-electron chi connectivity index (χ3n) is 4.40. The predicted molar refractivity (Wildman–Crippen MR) is 73.2 cm³/mol. The van der Waals surface area contributed by atoms with Gasteiger partial charge in [0.25, 0.3) is 0 Å². The number of aromatic nitrogens is 1. The normalized spacial score (nSPS) is 30.8. The first-order valence-corrected chi connectivity index (χ1v) is 7.23. The van der Waals surface area contributed by atoms with E-state index in [0.717, 1.165) is 39.0 Å². The van der Waals surface area contributed by atoms with Crippen molar-refractivity contribution in [1.82, 2.24) is 9.88 Å². The fourth-order valence-corrected chi connectivity index (χ4v) is 3.41. The van der Waals surface area contributed by atoms with Gasteiger partial charge in [0.05, 0.1) is 12.7 Å². The topological polar surface area (TPSA) is 34.6 Å². The zero-order valence-corrected chi connectivity index (χ0v) is 11.8. The Balaban J connectivity index is 1.74. The molecular formula is C15H21FN2O2. The molecule has 1 aromatic rings. The van der Waals surface area contributed by atoms with Crippen LogP contribution in [-0.2, 0) is 4.74 Å². The minimum absolute atomic E-state index is 0.0325. The summed E-state index contributed by atoms with van der Waals surface area (Å²) >= 11 is 0. The SMILES string of the molecule is CN1CCC2OCCCC2(COc2ncccc2F)C1. The first kappa shape index (κ1) is 13.8. The van der Waals surface area contributed by atoms with Crippen molar-refractivity contribution in [1.29, 1.82) is 0 Å². The molecular weight excluding hydrogens is 259 g/mol. The van der Waals surface area contributed by atoms with E-state index in [0.29, 0.717) is 6.61 Å². The third-order valence-corrected chi connectivity index (χ3v) is 4.40. The van der Waals surface area contributed by atoms with Gasteiger partial charge in [0.2, 0.25) is 5.88 Å². The molecule has 0 spiro atoms. The zero-order valence-electron chi connectivity index (χ0n) is 11.8. The smallest absolute Gasteiger partial charge is 0.250 e. The van der Waals surface area contributed by atoms with Crippen molar-refractivity contribution in [2.24, 2.45) is 5.41 Å². The second-order valence-corrected chi connectivity index (χ2v) is 5.93. The molecule has 2 saturated heterocycles. The number of pyridine rings is 1. The van der Waals surface area contributed by atoms with E-state index in [2.05, 4.69) is 16.9 Å². The van der Waals surface area contributed by atoms with Gasteiger partial charge in [-0.2, -0.15) is 0 Å². The molecule has 20 heavy (non-hydrogen) atoms. The fraction of sp³-hybridized carbons (Fsp3) is 0.667. The van der Waals surface area contributed by atoms with Gasteiger partial charge in [-0.1, -0.05) is 0 Å². The number of likely N-dealkylation sites (tertiary alicyclic amines) is 1. The van der Waals surface area contributed by atoms with Gasteiger partial charge in [0, 0.05) is 31.3 Å². The Kier molecular flexibility index (Phi) is 3.89. The van der Waals surface area contributed by atoms with Gasteiger partial charge in [-0.3, -0.25) is 0 Å². The van der Waals surface area contributed by atoms with E-state index in [1.165, 1.54) is 6.07 Å². The minimum Gasteiger partial charge on any atom is -0.475 e. The molecule has 2 fully saturated rings. The molecule has 0 saturated carbocycles. The lowest BCUT2D eigenvalue weighted by Gasteiger charge is -2.49. The monoisotopic (exact) mass is 280 g/mol. The van der Waals surface area contributed by atoms with Crippen LogP contribution in [0.15, 0.2) is 18.3 Å². The van der Waals surface area contributed by atoms with Crippen molar-refractivity contribution in [2.45, 2.75) is 25.4 Å². The number of fused-ring (bicyclic) bond motifs is 1. The summed E-state index contributed by atoms with van der Waals surface area (Å²) in [5.41, 5.74) is -0.0325. The molecule has 3 heterocycles. The highest BCUT2D eigenvalue weighted by molar-refractivity contribution is 5.13. The average molecular weight is 280 g/mol. The van der Waals surface area contributed by atoms with Gasteiger partial charge >= 0.3 is 0 Å². The van der Waals surface area contributed by atoms with Crippen molar-refractivity contribution in [3.8, 4) is 5.88 Å². The van der Waals surface area contributed by atoms with Crippen LogP contribution in [0.25, 0.3) is 0 Å². The van der Waals surface area contributed by atoms with Gasteiger partial charge in [0.15, 0.2) is 5.82 Å². The van der Waals surface area contributed by atoms with Crippen molar-refractivity contribution < 1.29 is 13.9 Å². The summed E-state index contributed by atoms with van der Waals surface area (Å²) in [5, 5.41) is 0. The van der Waals surface area contributed by atoms with Crippen LogP contribution in [0.2, 0.25) is 0 Å². The van der Waals surface area contributed by atoms with E-state index in [1.54, 1.807) is 12.3 Å². The lowest BCUT2D eigenvalue weighted by atomic mass is 9.73. The molecule has 2 aliphatic heterocycles. The molecule has 0 bridgehead atoms. The number of piperidine rings is 1. The summed E-state index contributed by atoms with van der Waals surface area (Å²) in [7, 11) is 2.12. The van der Waals surface area contributed by atoms with E-state index in [4.69, 9.17) is 9.47 Å². The van der Waals surface area contributed by atoms with Gasteiger partial charge in [-0.15, -0.1) is 0 Å². The largest absolute Gasteiger partial charge is 0.475 e. The van der Waals surface area contributed by atoms with Gasteiger partial charge in [-0.05, 0) is 38.4 Å². The lowest BCUT2D eigenvalue weighted by molar-refractivity contribution is -0.136. The van der Waals surface area contributed by atoms with Crippen molar-refractivity contribution in [2.75, 3.05) is 33.4 Å². The Labute approximate surface area is 118 Å². The molecule has 4 nitrogen and oxygen atoms in total. The molecule has 0 amide bonds. The Bertz CT molecular complexity index is 471. The molecule has 0 N–H and O–H groups in total. The van der Waals surface area contributed by atoms with E-state index in [-0.39, 0.29) is 17.4 Å². The summed E-state index contributed by atoms with van der Waals surface area (Å²) in [4.78, 5) is 6.27. The van der Waals surface area contributed by atoms with E-state index < -0.39 is 5.82 Å². The minimum atomic E-state index is -0.402. The summed E-state index contributed by atoms with van der Waals surface area (Å²) in [6, 6.07) is 2.95. The van der Waals surface area contributed by atoms with Crippen LogP contribution < -0.4 is 4.74 Å². The molecule has 0 radical (unpaired) electrons. The highest BCUT2D eigenvalue weighted by Gasteiger charge is 2.46. The lowest BCUT2D eigenvalue weighted by Crippen LogP contribution is -2.56. The predicted octanol–water partition coefficient (Wildman–Crippen LogP) is 2.10. The average Bonchev–Trinajstić information content (AvgIpc) is 2.46. The second kappa shape index (κ2) is 5.66. The Morgan fingerprint density at radius 1 is 1.60 bits per heavy atom. The molecule has 1 aromatic heterocycles. The Morgan fingerprint density at radius 2 is 2.50 bits per heavy atom. The van der Waals surface area contributed by atoms with Crippen LogP contribution in [0, 0.1) is 11.2 Å². The number of ether oxygens (including phenoxy) is 2. The molecule has 5 heteroatoms. The molecule has 0 aliphatic carbocycles. The molecule has 2 aliphatic rings. The maximum atomic E-state index is 13.6. The fourth-order valence-electron chi connectivity index (χ4n) is 3.41. The second-order valence-electron chi connectivity index (χ2n) is 5.93. The highest BCUT2D eigenvalue weighted by Crippen LogP contribution is 2.40. The van der Waals surface area contributed by atoms with Crippen molar-refractivity contribution in [3.63, 3.8) is 0 Å². The Hall–Kier alpha value is -1.20. The summed E-state index contributed by atoms with van der Waals surface area (Å²) in [6.07, 6.45) is 4.90. The highest BCUT2D eigenvalue weighted by atomic mass is 19.1. The molecule has 2 atom stereocenters. The first-order chi connectivity index (χ1) is 9.70. The van der Waals surface area contributed by atoms with E-state index >= 15 is 0 Å². The van der Waals surface area contributed by atoms with Gasteiger partial charge < -0.3 is 14.4 Å². The summed E-state index contributed by atoms with van der Waals surface area (Å²) < 4.78 is 25.2. The third kappa shape index (κ3) is 2.65. The number of nitrogens with zero attached hydrogens (tertiary/aromatic N) is 2. The maximum absolute atomic E-state index is 13.6. The first-order valence-electron chi connectivity index (χ1n) is 7.23. The standard InChI is InChI=1S/C15H21FN2O2/c1-18-8-5-13-15(10-18,6-3-9-19-13)11-20-14-12(16)4-2-7-17-14/h2,4,7,13H,3,5-6,8-11H2,1H3. The van der Waals surface area contributed by atoms with E-state index in [9.17, 15) is 4.39 Å². The van der Waals surface area contributed by atoms with Crippen molar-refractivity contribution >= 4 is 0 Å². The number of hydrogen-bond donors (Lipinski definition) is 0. The van der Waals surface area contributed by atoms with Crippen molar-refractivity contribution in [3.05, 3.63) is 24.1 Å². The zero-order chi connectivity index (χ0) is 14.0. The molecule has 110 valence electrons. The molecule has 0 aromatic carbocycles. The van der Waals surface area contributed by atoms with Gasteiger partial charge in [-0.25, -0.2) is 9.37 Å². The van der Waals surface area contributed by atoms with Crippen LogP contribution in [0.4, 0.5) is 4.39 Å². The molecule has 3 rings (SSSR count). The van der Waals surface area contributed by atoms with Crippen LogP contribution >= 0.6 is 0 Å². The van der Waals surface area contributed by atoms with Crippen LogP contribution in [0.1, 0.15) is 19.3 Å². The van der Waals surface area contributed by atoms with Crippen LogP contribution in [0.5, 0.6) is 5.88 Å². The maximum Gasteiger partial charge on any atom is 0.250 e. The van der Waals surface area contributed by atoms with Crippen LogP contribution in [-0.4, -0.2) is 49.3 Å². The van der Waals surface area contributed by atoms with Crippen LogP contribution in [0.3, 0.4) is 0 Å².